The Hall–Kier alpha value is -2.44. The summed E-state index contributed by atoms with van der Waals surface area (Å²) in [6.07, 6.45) is 3.93. The third kappa shape index (κ3) is 2.86. The number of hydrogen-bond acceptors (Lipinski definition) is 5. The Labute approximate surface area is 124 Å². The average Bonchev–Trinajstić information content (AvgIpc) is 2.55. The molecule has 0 aliphatic carbocycles. The van der Waals surface area contributed by atoms with Crippen molar-refractivity contribution in [2.75, 3.05) is 4.72 Å². The molecule has 0 saturated carbocycles. The normalized spacial score (nSPS) is 12.0. The number of aldehydes is 1. The third-order valence-electron chi connectivity index (χ3n) is 2.92. The molecule has 21 heavy (non-hydrogen) atoms. The van der Waals surface area contributed by atoms with Crippen molar-refractivity contribution in [3.63, 3.8) is 0 Å². The minimum atomic E-state index is -1.46. The lowest BCUT2D eigenvalue weighted by Gasteiger charge is -2.12. The fourth-order valence-corrected chi connectivity index (χ4v) is 2.90. The summed E-state index contributed by atoms with van der Waals surface area (Å²) >= 11 is -1.46. The smallest absolute Gasteiger partial charge is 0.207 e. The second-order valence-electron chi connectivity index (χ2n) is 4.29. The lowest BCUT2D eigenvalue weighted by molar-refractivity contribution is 0.112. The highest BCUT2D eigenvalue weighted by Crippen LogP contribution is 2.22. The van der Waals surface area contributed by atoms with Gasteiger partial charge >= 0.3 is 0 Å². The number of aromatic nitrogens is 2. The van der Waals surface area contributed by atoms with Crippen molar-refractivity contribution in [1.82, 2.24) is 9.97 Å². The number of hydrogen-bond donors (Lipinski definition) is 1. The molecular weight excluding hydrogens is 286 g/mol. The van der Waals surface area contributed by atoms with Crippen molar-refractivity contribution < 1.29 is 9.35 Å². The molecule has 0 spiro atoms. The van der Waals surface area contributed by atoms with Gasteiger partial charge in [-0.2, -0.15) is 0 Å². The van der Waals surface area contributed by atoms with E-state index in [2.05, 4.69) is 14.7 Å². The monoisotopic (exact) mass is 297 g/mol. The number of rotatable bonds is 4. The van der Waals surface area contributed by atoms with Crippen molar-refractivity contribution in [2.24, 2.45) is 0 Å². The van der Waals surface area contributed by atoms with Crippen molar-refractivity contribution in [3.8, 4) is 0 Å². The van der Waals surface area contributed by atoms with Gasteiger partial charge in [-0.1, -0.05) is 6.07 Å². The van der Waals surface area contributed by atoms with Crippen LogP contribution in [0.15, 0.2) is 59.8 Å². The fraction of sp³-hybridized carbons (Fsp3) is 0. The number of fused-ring (bicyclic) bond motifs is 1. The summed E-state index contributed by atoms with van der Waals surface area (Å²) in [5, 5.41) is 0. The number of carbonyl (C=O) groups is 1. The van der Waals surface area contributed by atoms with Gasteiger partial charge in [0.05, 0.1) is 11.2 Å². The summed E-state index contributed by atoms with van der Waals surface area (Å²) < 4.78 is 15.3. The van der Waals surface area contributed by atoms with E-state index in [1.165, 1.54) is 0 Å². The van der Waals surface area contributed by atoms with Gasteiger partial charge in [-0.05, 0) is 36.4 Å². The van der Waals surface area contributed by atoms with Crippen LogP contribution in [0.25, 0.3) is 11.0 Å². The van der Waals surface area contributed by atoms with E-state index >= 15 is 0 Å². The molecule has 6 heteroatoms. The van der Waals surface area contributed by atoms with E-state index in [1.807, 2.05) is 6.07 Å². The van der Waals surface area contributed by atoms with Gasteiger partial charge in [0.25, 0.3) is 0 Å². The van der Waals surface area contributed by atoms with E-state index in [1.54, 1.807) is 48.8 Å². The van der Waals surface area contributed by atoms with E-state index in [9.17, 15) is 9.35 Å². The lowest BCUT2D eigenvalue weighted by atomic mass is 10.2. The standard InChI is InChI=1S/C15H11N3O2S/c19-10-11-4-6-12(7-5-11)18-21(20)14-3-1-2-13-15(14)17-9-8-16-13/h1-10,18H. The van der Waals surface area contributed by atoms with E-state index in [4.69, 9.17) is 0 Å². The highest BCUT2D eigenvalue weighted by Gasteiger charge is 2.17. The SMILES string of the molecule is O=Cc1ccc(N[S+]([O-])c2cccc3nccnc23)cc1. The molecule has 1 heterocycles. The van der Waals surface area contributed by atoms with Gasteiger partial charge in [0.15, 0.2) is 0 Å². The predicted octanol–water partition coefficient (Wildman–Crippen LogP) is 2.58. The van der Waals surface area contributed by atoms with Crippen LogP contribution in [-0.2, 0) is 11.4 Å². The van der Waals surface area contributed by atoms with E-state index < -0.39 is 11.4 Å². The summed E-state index contributed by atoms with van der Waals surface area (Å²) in [6.45, 7) is 0. The van der Waals surface area contributed by atoms with E-state index in [-0.39, 0.29) is 0 Å². The summed E-state index contributed by atoms with van der Waals surface area (Å²) in [5.74, 6) is 0. The van der Waals surface area contributed by atoms with Crippen LogP contribution in [0.1, 0.15) is 10.4 Å². The maximum atomic E-state index is 12.4. The molecule has 0 radical (unpaired) electrons. The summed E-state index contributed by atoms with van der Waals surface area (Å²) in [7, 11) is 0. The molecule has 1 N–H and O–H groups in total. The van der Waals surface area contributed by atoms with E-state index in [0.717, 1.165) is 6.29 Å². The maximum Gasteiger partial charge on any atom is 0.207 e. The Morgan fingerprint density at radius 1 is 1.05 bits per heavy atom. The molecule has 2 aromatic carbocycles. The van der Waals surface area contributed by atoms with Crippen LogP contribution >= 0.6 is 0 Å². The van der Waals surface area contributed by atoms with Gasteiger partial charge in [0.1, 0.15) is 23.2 Å². The quantitative estimate of drug-likeness (QED) is 0.591. The zero-order valence-electron chi connectivity index (χ0n) is 10.9. The van der Waals surface area contributed by atoms with Crippen molar-refractivity contribution in [3.05, 3.63) is 60.4 Å². The minimum absolute atomic E-state index is 0.570. The van der Waals surface area contributed by atoms with Gasteiger partial charge in [-0.25, -0.2) is 9.71 Å². The van der Waals surface area contributed by atoms with Crippen LogP contribution in [0.3, 0.4) is 0 Å². The van der Waals surface area contributed by atoms with Crippen LogP contribution < -0.4 is 4.72 Å². The summed E-state index contributed by atoms with van der Waals surface area (Å²) in [6, 6.07) is 12.1. The number of benzene rings is 2. The van der Waals surface area contributed by atoms with E-state index in [0.29, 0.717) is 27.2 Å². The number of anilines is 1. The Morgan fingerprint density at radius 2 is 1.81 bits per heavy atom. The molecule has 0 saturated heterocycles. The van der Waals surface area contributed by atoms with Crippen LogP contribution in [0.4, 0.5) is 5.69 Å². The maximum absolute atomic E-state index is 12.4. The van der Waals surface area contributed by atoms with Crippen LogP contribution in [0.5, 0.6) is 0 Å². The van der Waals surface area contributed by atoms with Crippen molar-refractivity contribution in [1.29, 1.82) is 0 Å². The van der Waals surface area contributed by atoms with Gasteiger partial charge in [-0.3, -0.25) is 9.78 Å². The number of para-hydroxylation sites is 1. The Balaban J connectivity index is 1.89. The predicted molar refractivity (Wildman–Crippen MR) is 81.4 cm³/mol. The highest BCUT2D eigenvalue weighted by atomic mass is 32.2. The second-order valence-corrected chi connectivity index (χ2v) is 5.47. The molecule has 1 atom stereocenters. The van der Waals surface area contributed by atoms with Crippen LogP contribution in [0, 0.1) is 0 Å². The first-order valence-corrected chi connectivity index (χ1v) is 7.36. The van der Waals surface area contributed by atoms with Gasteiger partial charge < -0.3 is 4.55 Å². The zero-order chi connectivity index (χ0) is 14.7. The number of carbonyl (C=O) groups excluding carboxylic acids is 1. The molecule has 1 aromatic heterocycles. The fourth-order valence-electron chi connectivity index (χ4n) is 1.91. The molecule has 0 amide bonds. The number of nitrogens with zero attached hydrogens (tertiary/aromatic N) is 2. The minimum Gasteiger partial charge on any atom is -0.588 e. The van der Waals surface area contributed by atoms with Gasteiger partial charge in [-0.15, -0.1) is 0 Å². The molecule has 104 valence electrons. The summed E-state index contributed by atoms with van der Waals surface area (Å²) in [4.78, 5) is 19.6. The third-order valence-corrected chi connectivity index (χ3v) is 4.07. The van der Waals surface area contributed by atoms with Crippen LogP contribution in [0.2, 0.25) is 0 Å². The molecular formula is C15H11N3O2S. The first kappa shape index (κ1) is 13.5. The molecule has 5 nitrogen and oxygen atoms in total. The molecule has 1 unspecified atom stereocenters. The molecule has 0 fully saturated rings. The molecule has 0 aliphatic rings. The first-order valence-electron chi connectivity index (χ1n) is 6.21. The molecule has 3 aromatic rings. The number of nitrogens with one attached hydrogen (secondary N) is 1. The summed E-state index contributed by atoms with van der Waals surface area (Å²) in [5.41, 5.74) is 2.54. The largest absolute Gasteiger partial charge is 0.588 e. The lowest BCUT2D eigenvalue weighted by Crippen LogP contribution is -2.14. The molecule has 0 bridgehead atoms. The zero-order valence-corrected chi connectivity index (χ0v) is 11.7. The van der Waals surface area contributed by atoms with Crippen molar-refractivity contribution >= 4 is 34.4 Å². The Bertz CT molecular complexity index is 772. The molecule has 0 aliphatic heterocycles. The second kappa shape index (κ2) is 5.90. The highest BCUT2D eigenvalue weighted by molar-refractivity contribution is 7.93. The Kier molecular flexibility index (Phi) is 3.81. The first-order chi connectivity index (χ1) is 10.3. The van der Waals surface area contributed by atoms with Crippen LogP contribution in [-0.4, -0.2) is 20.8 Å². The van der Waals surface area contributed by atoms with Gasteiger partial charge in [0.2, 0.25) is 4.90 Å². The average molecular weight is 297 g/mol. The topological polar surface area (TPSA) is 77.9 Å². The Morgan fingerprint density at radius 3 is 2.57 bits per heavy atom. The van der Waals surface area contributed by atoms with Gasteiger partial charge in [0, 0.05) is 18.0 Å². The molecule has 3 rings (SSSR count). The van der Waals surface area contributed by atoms with Crippen molar-refractivity contribution in [2.45, 2.75) is 4.90 Å².